The molecule has 0 spiro atoms. The Morgan fingerprint density at radius 1 is 1.23 bits per heavy atom. The van der Waals surface area contributed by atoms with E-state index in [2.05, 4.69) is 4.72 Å². The van der Waals surface area contributed by atoms with Crippen molar-refractivity contribution in [2.75, 3.05) is 20.2 Å². The number of rotatable bonds is 5. The van der Waals surface area contributed by atoms with Gasteiger partial charge in [0.2, 0.25) is 20.0 Å². The lowest BCUT2D eigenvalue weighted by molar-refractivity contribution is 0.191. The Morgan fingerprint density at radius 3 is 2.36 bits per heavy atom. The van der Waals surface area contributed by atoms with Crippen molar-refractivity contribution in [3.63, 3.8) is 0 Å². The van der Waals surface area contributed by atoms with Crippen LogP contribution in [-0.2, 0) is 20.0 Å². The Bertz CT molecular complexity index is 745. The van der Waals surface area contributed by atoms with Gasteiger partial charge in [-0.15, -0.1) is 0 Å². The first-order valence-corrected chi connectivity index (χ1v) is 9.83. The predicted octanol–water partition coefficient (Wildman–Crippen LogP) is -0.0139. The van der Waals surface area contributed by atoms with Gasteiger partial charge in [-0.3, -0.25) is 0 Å². The molecule has 0 bridgehead atoms. The number of nitrogens with zero attached hydrogens (tertiary/aromatic N) is 1. The second-order valence-corrected chi connectivity index (χ2v) is 9.00. The van der Waals surface area contributed by atoms with Gasteiger partial charge in [0, 0.05) is 6.54 Å². The van der Waals surface area contributed by atoms with Crippen molar-refractivity contribution >= 4 is 20.0 Å². The molecule has 2 rings (SSSR count). The Morgan fingerprint density at radius 2 is 1.82 bits per heavy atom. The fraction of sp³-hybridized carbons (Fsp3) is 0.538. The lowest BCUT2D eigenvalue weighted by Crippen LogP contribution is -2.40. The summed E-state index contributed by atoms with van der Waals surface area (Å²) in [7, 11) is -6.67. The molecule has 1 aromatic rings. The summed E-state index contributed by atoms with van der Waals surface area (Å²) < 4.78 is 53.2. The van der Waals surface area contributed by atoms with Crippen molar-refractivity contribution in [1.29, 1.82) is 0 Å². The van der Waals surface area contributed by atoms with Crippen LogP contribution in [0.4, 0.5) is 0 Å². The largest absolute Gasteiger partial charge is 0.395 e. The Hall–Kier alpha value is -1.00. The number of hydrogen-bond acceptors (Lipinski definition) is 5. The molecule has 7 nitrogen and oxygen atoms in total. The van der Waals surface area contributed by atoms with Crippen LogP contribution in [0.2, 0.25) is 0 Å². The maximum atomic E-state index is 12.9. The zero-order valence-electron chi connectivity index (χ0n) is 12.4. The first-order valence-electron chi connectivity index (χ1n) is 6.91. The second-order valence-electron chi connectivity index (χ2n) is 5.29. The summed E-state index contributed by atoms with van der Waals surface area (Å²) in [6.07, 6.45) is 0.630. The summed E-state index contributed by atoms with van der Waals surface area (Å²) in [6, 6.07) is 4.95. The van der Waals surface area contributed by atoms with Crippen LogP contribution < -0.4 is 4.72 Å². The summed E-state index contributed by atoms with van der Waals surface area (Å²) in [5.74, 6) is 0.0212. The van der Waals surface area contributed by atoms with E-state index < -0.39 is 26.1 Å². The third-order valence-electron chi connectivity index (χ3n) is 4.01. The molecule has 1 heterocycles. The molecule has 0 saturated carbocycles. The molecule has 1 aromatic carbocycles. The normalized spacial score (nSPS) is 23.8. The maximum absolute atomic E-state index is 12.9. The summed E-state index contributed by atoms with van der Waals surface area (Å²) >= 11 is 0. The monoisotopic (exact) mass is 348 g/mol. The number of sulfonamides is 2. The molecule has 0 radical (unpaired) electrons. The van der Waals surface area contributed by atoms with Crippen molar-refractivity contribution in [2.45, 2.75) is 29.2 Å². The van der Waals surface area contributed by atoms with Crippen LogP contribution in [0, 0.1) is 5.92 Å². The standard InChI is InChI=1S/C13H20N2O5S2/c1-10-7-8-15(11(10)9-16)22(19,20)13-6-4-3-5-12(13)21(17,18)14-2/h3-6,10-11,14,16H,7-9H2,1-2H3/t10-,11+/m1/s1. The quantitative estimate of drug-likeness (QED) is 0.779. The Balaban J connectivity index is 2.57. The van der Waals surface area contributed by atoms with E-state index >= 15 is 0 Å². The number of aliphatic hydroxyl groups is 1. The second kappa shape index (κ2) is 6.25. The maximum Gasteiger partial charge on any atom is 0.244 e. The van der Waals surface area contributed by atoms with Crippen LogP contribution in [0.3, 0.4) is 0 Å². The highest BCUT2D eigenvalue weighted by Gasteiger charge is 2.40. The van der Waals surface area contributed by atoms with E-state index in [0.717, 1.165) is 0 Å². The van der Waals surface area contributed by atoms with E-state index in [1.54, 1.807) is 0 Å². The zero-order valence-corrected chi connectivity index (χ0v) is 14.1. The third kappa shape index (κ3) is 2.91. The van der Waals surface area contributed by atoms with Gasteiger partial charge >= 0.3 is 0 Å². The minimum Gasteiger partial charge on any atom is -0.395 e. The average Bonchev–Trinajstić information content (AvgIpc) is 2.88. The van der Waals surface area contributed by atoms with E-state index in [1.165, 1.54) is 35.6 Å². The van der Waals surface area contributed by atoms with Gasteiger partial charge in [0.25, 0.3) is 0 Å². The molecule has 124 valence electrons. The van der Waals surface area contributed by atoms with E-state index in [0.29, 0.717) is 6.42 Å². The molecule has 0 aromatic heterocycles. The highest BCUT2D eigenvalue weighted by atomic mass is 32.2. The van der Waals surface area contributed by atoms with Crippen LogP contribution in [-0.4, -0.2) is 52.5 Å². The van der Waals surface area contributed by atoms with E-state index in [4.69, 9.17) is 0 Å². The Kier molecular flexibility index (Phi) is 4.93. The predicted molar refractivity (Wildman–Crippen MR) is 81.2 cm³/mol. The average molecular weight is 348 g/mol. The van der Waals surface area contributed by atoms with Gasteiger partial charge in [-0.25, -0.2) is 21.6 Å². The molecule has 2 N–H and O–H groups in total. The molecule has 1 fully saturated rings. The van der Waals surface area contributed by atoms with Crippen LogP contribution in [0.5, 0.6) is 0 Å². The molecule has 0 amide bonds. The number of aliphatic hydroxyl groups excluding tert-OH is 1. The molecule has 1 saturated heterocycles. The minimum absolute atomic E-state index is 0.0212. The fourth-order valence-electron chi connectivity index (χ4n) is 2.66. The summed E-state index contributed by atoms with van der Waals surface area (Å²) in [5.41, 5.74) is 0. The van der Waals surface area contributed by atoms with Crippen molar-refractivity contribution < 1.29 is 21.9 Å². The molecule has 1 aliphatic rings. The van der Waals surface area contributed by atoms with Gasteiger partial charge in [0.05, 0.1) is 12.6 Å². The van der Waals surface area contributed by atoms with Gasteiger partial charge in [-0.1, -0.05) is 19.1 Å². The van der Waals surface area contributed by atoms with Crippen LogP contribution in [0.25, 0.3) is 0 Å². The van der Waals surface area contributed by atoms with Crippen molar-refractivity contribution in [3.8, 4) is 0 Å². The highest BCUT2D eigenvalue weighted by Crippen LogP contribution is 2.32. The van der Waals surface area contributed by atoms with Crippen LogP contribution >= 0.6 is 0 Å². The molecule has 22 heavy (non-hydrogen) atoms. The summed E-state index contributed by atoms with van der Waals surface area (Å²) in [5, 5.41) is 9.46. The van der Waals surface area contributed by atoms with Crippen LogP contribution in [0.1, 0.15) is 13.3 Å². The number of benzene rings is 1. The fourth-order valence-corrected chi connectivity index (χ4v) is 5.92. The molecule has 0 aliphatic carbocycles. The van der Waals surface area contributed by atoms with Gasteiger partial charge in [0.15, 0.2) is 0 Å². The third-order valence-corrected chi connectivity index (χ3v) is 7.60. The molecule has 9 heteroatoms. The molecular weight excluding hydrogens is 328 g/mol. The smallest absolute Gasteiger partial charge is 0.244 e. The first-order chi connectivity index (χ1) is 10.3. The first kappa shape index (κ1) is 17.4. The highest BCUT2D eigenvalue weighted by molar-refractivity contribution is 7.92. The molecule has 1 aliphatic heterocycles. The molecule has 2 atom stereocenters. The topological polar surface area (TPSA) is 104 Å². The Labute approximate surface area is 131 Å². The minimum atomic E-state index is -4.00. The van der Waals surface area contributed by atoms with E-state index in [-0.39, 0.29) is 28.9 Å². The van der Waals surface area contributed by atoms with E-state index in [9.17, 15) is 21.9 Å². The van der Waals surface area contributed by atoms with E-state index in [1.807, 2.05) is 6.92 Å². The van der Waals surface area contributed by atoms with Crippen molar-refractivity contribution in [2.24, 2.45) is 5.92 Å². The molecule has 0 unspecified atom stereocenters. The lowest BCUT2D eigenvalue weighted by Gasteiger charge is -2.25. The summed E-state index contributed by atoms with van der Waals surface area (Å²) in [6.45, 7) is 1.84. The van der Waals surface area contributed by atoms with Crippen molar-refractivity contribution in [1.82, 2.24) is 9.03 Å². The van der Waals surface area contributed by atoms with Gasteiger partial charge in [-0.2, -0.15) is 4.31 Å². The lowest BCUT2D eigenvalue weighted by atomic mass is 10.0. The van der Waals surface area contributed by atoms with Gasteiger partial charge in [-0.05, 0) is 31.5 Å². The molecular formula is C13H20N2O5S2. The number of nitrogens with one attached hydrogen (secondary N) is 1. The van der Waals surface area contributed by atoms with Gasteiger partial charge < -0.3 is 5.11 Å². The number of hydrogen-bond donors (Lipinski definition) is 2. The zero-order chi connectivity index (χ0) is 16.5. The SMILES string of the molecule is CNS(=O)(=O)c1ccccc1S(=O)(=O)N1CC[C@@H](C)[C@@H]1CO. The summed E-state index contributed by atoms with van der Waals surface area (Å²) in [4.78, 5) is -0.550. The van der Waals surface area contributed by atoms with Crippen LogP contribution in [0.15, 0.2) is 34.1 Å². The van der Waals surface area contributed by atoms with Crippen molar-refractivity contribution in [3.05, 3.63) is 24.3 Å². The van der Waals surface area contributed by atoms with Gasteiger partial charge in [0.1, 0.15) is 9.79 Å².